The third kappa shape index (κ3) is 4.02. The quantitative estimate of drug-likeness (QED) is 0.787. The Morgan fingerprint density at radius 3 is 2.96 bits per heavy atom. The van der Waals surface area contributed by atoms with E-state index in [-0.39, 0.29) is 17.9 Å². The van der Waals surface area contributed by atoms with Crippen molar-refractivity contribution in [2.24, 2.45) is 0 Å². The van der Waals surface area contributed by atoms with Gasteiger partial charge in [-0.1, -0.05) is 6.07 Å². The lowest BCUT2D eigenvalue weighted by molar-refractivity contribution is -0.133. The number of carbonyl (C=O) groups is 2. The number of benzene rings is 1. The van der Waals surface area contributed by atoms with Gasteiger partial charge in [0.2, 0.25) is 5.91 Å². The summed E-state index contributed by atoms with van der Waals surface area (Å²) in [7, 11) is 3.61. The standard InChI is InChI=1S/C19H26N4O2/c1-22(2)19(25)17-5-3-11-23(17)12-4-9-21-18(24)15-7-6-14-8-10-20-16(14)13-15/h6-8,10,13,17,20H,3-5,9,11-12H2,1-2H3,(H,21,24)/t17-/m1/s1. The summed E-state index contributed by atoms with van der Waals surface area (Å²) < 4.78 is 0. The van der Waals surface area contributed by atoms with Crippen LogP contribution in [0.25, 0.3) is 10.9 Å². The minimum Gasteiger partial charge on any atom is -0.361 e. The van der Waals surface area contributed by atoms with Gasteiger partial charge in [-0.05, 0) is 49.4 Å². The number of nitrogens with zero attached hydrogens (tertiary/aromatic N) is 2. The molecule has 1 aromatic heterocycles. The van der Waals surface area contributed by atoms with Gasteiger partial charge < -0.3 is 15.2 Å². The molecule has 0 bridgehead atoms. The normalized spacial score (nSPS) is 17.8. The van der Waals surface area contributed by atoms with Crippen LogP contribution in [0, 0.1) is 0 Å². The number of rotatable bonds is 6. The zero-order valence-corrected chi connectivity index (χ0v) is 14.9. The number of carbonyl (C=O) groups excluding carboxylic acids is 2. The number of likely N-dealkylation sites (N-methyl/N-ethyl adjacent to an activating group) is 1. The number of H-pyrrole nitrogens is 1. The zero-order chi connectivity index (χ0) is 17.8. The fourth-order valence-electron chi connectivity index (χ4n) is 3.45. The summed E-state index contributed by atoms with van der Waals surface area (Å²) in [6, 6.07) is 7.65. The number of fused-ring (bicyclic) bond motifs is 1. The minimum absolute atomic E-state index is 0.000914. The number of aromatic nitrogens is 1. The van der Waals surface area contributed by atoms with E-state index in [4.69, 9.17) is 0 Å². The smallest absolute Gasteiger partial charge is 0.251 e. The first-order chi connectivity index (χ1) is 12.1. The first-order valence-electron chi connectivity index (χ1n) is 8.87. The summed E-state index contributed by atoms with van der Waals surface area (Å²) in [6.45, 7) is 2.41. The van der Waals surface area contributed by atoms with Gasteiger partial charge in [-0.15, -0.1) is 0 Å². The SMILES string of the molecule is CN(C)C(=O)[C@H]1CCCN1CCCNC(=O)c1ccc2cc[nH]c2c1. The predicted octanol–water partition coefficient (Wildman–Crippen LogP) is 1.84. The number of nitrogens with one attached hydrogen (secondary N) is 2. The fraction of sp³-hybridized carbons (Fsp3) is 0.474. The molecule has 1 atom stereocenters. The van der Waals surface area contributed by atoms with Gasteiger partial charge in [-0.2, -0.15) is 0 Å². The topological polar surface area (TPSA) is 68.4 Å². The molecule has 0 spiro atoms. The van der Waals surface area contributed by atoms with Gasteiger partial charge in [0.1, 0.15) is 0 Å². The molecule has 3 rings (SSSR count). The Balaban J connectivity index is 1.46. The van der Waals surface area contributed by atoms with Crippen molar-refractivity contribution in [1.29, 1.82) is 0 Å². The highest BCUT2D eigenvalue weighted by molar-refractivity contribution is 5.97. The van der Waals surface area contributed by atoms with Crippen LogP contribution < -0.4 is 5.32 Å². The lowest BCUT2D eigenvalue weighted by Crippen LogP contribution is -2.43. The number of amides is 2. The van der Waals surface area contributed by atoms with Crippen LogP contribution in [0.4, 0.5) is 0 Å². The average molecular weight is 342 g/mol. The zero-order valence-electron chi connectivity index (χ0n) is 14.9. The van der Waals surface area contributed by atoms with Gasteiger partial charge >= 0.3 is 0 Å². The molecule has 1 aromatic carbocycles. The summed E-state index contributed by atoms with van der Waals surface area (Å²) in [5.41, 5.74) is 1.63. The maximum absolute atomic E-state index is 12.3. The van der Waals surface area contributed by atoms with Crippen LogP contribution in [0.15, 0.2) is 30.5 Å². The third-order valence-corrected chi connectivity index (χ3v) is 4.81. The Morgan fingerprint density at radius 1 is 1.32 bits per heavy atom. The van der Waals surface area contributed by atoms with Crippen molar-refractivity contribution in [1.82, 2.24) is 20.1 Å². The van der Waals surface area contributed by atoms with E-state index in [9.17, 15) is 9.59 Å². The van der Waals surface area contributed by atoms with Gasteiger partial charge in [-0.3, -0.25) is 14.5 Å². The molecule has 6 heteroatoms. The van der Waals surface area contributed by atoms with Crippen LogP contribution in [-0.4, -0.2) is 66.4 Å². The Kier molecular flexibility index (Phi) is 5.38. The van der Waals surface area contributed by atoms with E-state index in [1.165, 1.54) is 0 Å². The van der Waals surface area contributed by atoms with Crippen LogP contribution in [0.2, 0.25) is 0 Å². The molecule has 0 unspecified atom stereocenters. The van der Waals surface area contributed by atoms with Gasteiger partial charge in [0, 0.05) is 44.5 Å². The van der Waals surface area contributed by atoms with E-state index in [1.807, 2.05) is 30.5 Å². The highest BCUT2D eigenvalue weighted by Gasteiger charge is 2.30. The van der Waals surface area contributed by atoms with Crippen molar-refractivity contribution >= 4 is 22.7 Å². The molecule has 1 saturated heterocycles. The van der Waals surface area contributed by atoms with E-state index in [1.54, 1.807) is 19.0 Å². The molecule has 2 amide bonds. The molecule has 6 nitrogen and oxygen atoms in total. The molecule has 1 aliphatic rings. The first kappa shape index (κ1) is 17.5. The lowest BCUT2D eigenvalue weighted by Gasteiger charge is -2.26. The summed E-state index contributed by atoms with van der Waals surface area (Å²) in [4.78, 5) is 31.5. The summed E-state index contributed by atoms with van der Waals surface area (Å²) in [5.74, 6) is 0.125. The molecule has 1 aliphatic heterocycles. The van der Waals surface area contributed by atoms with Crippen LogP contribution in [0.5, 0.6) is 0 Å². The molecular formula is C19H26N4O2. The van der Waals surface area contributed by atoms with Crippen LogP contribution in [0.3, 0.4) is 0 Å². The van der Waals surface area contributed by atoms with Crippen molar-refractivity contribution in [2.45, 2.75) is 25.3 Å². The Bertz CT molecular complexity index is 753. The van der Waals surface area contributed by atoms with E-state index < -0.39 is 0 Å². The highest BCUT2D eigenvalue weighted by Crippen LogP contribution is 2.19. The molecule has 134 valence electrons. The molecule has 0 saturated carbocycles. The molecule has 0 aliphatic carbocycles. The van der Waals surface area contributed by atoms with Crippen molar-refractivity contribution < 1.29 is 9.59 Å². The number of hydrogen-bond donors (Lipinski definition) is 2. The first-order valence-corrected chi connectivity index (χ1v) is 8.87. The summed E-state index contributed by atoms with van der Waals surface area (Å²) in [5, 5.41) is 4.07. The Labute approximate surface area is 148 Å². The predicted molar refractivity (Wildman–Crippen MR) is 98.5 cm³/mol. The maximum atomic E-state index is 12.3. The third-order valence-electron chi connectivity index (χ3n) is 4.81. The molecule has 0 radical (unpaired) electrons. The fourth-order valence-corrected chi connectivity index (χ4v) is 3.45. The van der Waals surface area contributed by atoms with Gasteiger partial charge in [0.15, 0.2) is 0 Å². The van der Waals surface area contributed by atoms with Crippen LogP contribution in [0.1, 0.15) is 29.6 Å². The largest absolute Gasteiger partial charge is 0.361 e. The second-order valence-corrected chi connectivity index (χ2v) is 6.82. The number of hydrogen-bond acceptors (Lipinski definition) is 3. The Hall–Kier alpha value is -2.34. The highest BCUT2D eigenvalue weighted by atomic mass is 16.2. The Morgan fingerprint density at radius 2 is 2.16 bits per heavy atom. The van der Waals surface area contributed by atoms with Crippen molar-refractivity contribution in [3.8, 4) is 0 Å². The number of likely N-dealkylation sites (tertiary alicyclic amines) is 1. The summed E-state index contributed by atoms with van der Waals surface area (Å²) in [6.07, 6.45) is 4.70. The summed E-state index contributed by atoms with van der Waals surface area (Å²) >= 11 is 0. The lowest BCUT2D eigenvalue weighted by atomic mass is 10.1. The number of aromatic amines is 1. The van der Waals surface area contributed by atoms with Crippen LogP contribution in [-0.2, 0) is 4.79 Å². The molecule has 1 fully saturated rings. The molecule has 25 heavy (non-hydrogen) atoms. The van der Waals surface area contributed by atoms with E-state index in [0.717, 1.165) is 43.3 Å². The van der Waals surface area contributed by atoms with Gasteiger partial charge in [0.05, 0.1) is 6.04 Å². The maximum Gasteiger partial charge on any atom is 0.251 e. The van der Waals surface area contributed by atoms with Gasteiger partial charge in [-0.25, -0.2) is 0 Å². The molecule has 2 aromatic rings. The van der Waals surface area contributed by atoms with E-state index in [2.05, 4.69) is 15.2 Å². The van der Waals surface area contributed by atoms with Crippen molar-refractivity contribution in [3.05, 3.63) is 36.0 Å². The second-order valence-electron chi connectivity index (χ2n) is 6.82. The molecule has 2 heterocycles. The molecule has 2 N–H and O–H groups in total. The monoisotopic (exact) mass is 342 g/mol. The van der Waals surface area contributed by atoms with Gasteiger partial charge in [0.25, 0.3) is 5.91 Å². The van der Waals surface area contributed by atoms with E-state index >= 15 is 0 Å². The molecular weight excluding hydrogens is 316 g/mol. The minimum atomic E-state index is -0.0566. The van der Waals surface area contributed by atoms with Crippen LogP contribution >= 0.6 is 0 Å². The van der Waals surface area contributed by atoms with Crippen molar-refractivity contribution in [2.75, 3.05) is 33.7 Å². The average Bonchev–Trinajstić information content (AvgIpc) is 3.25. The van der Waals surface area contributed by atoms with E-state index in [0.29, 0.717) is 12.1 Å². The van der Waals surface area contributed by atoms with Crippen molar-refractivity contribution in [3.63, 3.8) is 0 Å². The second kappa shape index (κ2) is 7.70.